The maximum Gasteiger partial charge on any atom is 0.408 e. The number of piperidine rings is 1. The molecular formula is C17H26ClN3O2. The molecule has 23 heavy (non-hydrogen) atoms. The van der Waals surface area contributed by atoms with Gasteiger partial charge in [0.15, 0.2) is 0 Å². The number of carbonyl (C=O) groups is 1. The van der Waals surface area contributed by atoms with Crippen molar-refractivity contribution in [3.63, 3.8) is 0 Å². The number of rotatable bonds is 3. The van der Waals surface area contributed by atoms with Gasteiger partial charge in [-0.2, -0.15) is 0 Å². The quantitative estimate of drug-likeness (QED) is 0.737. The highest BCUT2D eigenvalue weighted by Gasteiger charge is 2.29. The van der Waals surface area contributed by atoms with Crippen LogP contribution >= 0.6 is 11.6 Å². The highest BCUT2D eigenvalue weighted by molar-refractivity contribution is 6.30. The number of benzene rings is 1. The smallest absolute Gasteiger partial charge is 0.408 e. The van der Waals surface area contributed by atoms with Crippen LogP contribution in [0.1, 0.15) is 45.2 Å². The fourth-order valence-electron chi connectivity index (χ4n) is 2.89. The largest absolute Gasteiger partial charge is 0.444 e. The number of amides is 1. The molecule has 2 rings (SSSR count). The van der Waals surface area contributed by atoms with E-state index < -0.39 is 11.7 Å². The lowest BCUT2D eigenvalue weighted by molar-refractivity contribution is 0.0478. The molecule has 1 atom stereocenters. The van der Waals surface area contributed by atoms with Gasteiger partial charge in [-0.25, -0.2) is 4.79 Å². The van der Waals surface area contributed by atoms with Gasteiger partial charge in [0.25, 0.3) is 0 Å². The minimum atomic E-state index is -0.533. The topological polar surface area (TPSA) is 76.4 Å². The molecule has 0 aliphatic carbocycles. The molecule has 0 aromatic heterocycles. The number of carbonyl (C=O) groups excluding carboxylic acids is 1. The van der Waals surface area contributed by atoms with Gasteiger partial charge in [-0.1, -0.05) is 17.7 Å². The summed E-state index contributed by atoms with van der Waals surface area (Å²) in [7, 11) is 0. The summed E-state index contributed by atoms with van der Waals surface area (Å²) in [5.41, 5.74) is 7.10. The van der Waals surface area contributed by atoms with E-state index in [1.54, 1.807) is 12.1 Å². The maximum atomic E-state index is 12.2. The third kappa shape index (κ3) is 5.29. The number of nitrogens with two attached hydrogens (primary N) is 1. The van der Waals surface area contributed by atoms with E-state index in [0.717, 1.165) is 31.5 Å². The summed E-state index contributed by atoms with van der Waals surface area (Å²) >= 11 is 6.00. The van der Waals surface area contributed by atoms with E-state index in [9.17, 15) is 4.79 Å². The van der Waals surface area contributed by atoms with Crippen molar-refractivity contribution >= 4 is 23.4 Å². The van der Waals surface area contributed by atoms with Crippen LogP contribution in [0.4, 0.5) is 10.5 Å². The van der Waals surface area contributed by atoms with Gasteiger partial charge in [0.05, 0.1) is 6.04 Å². The Morgan fingerprint density at radius 2 is 2.04 bits per heavy atom. The standard InChI is InChI=1S/C17H26ClN3O2/c1-17(2,3)23-16(22)21-15(11-6-8-20-9-7-11)13-5-4-12(18)10-14(13)19/h4-5,10-11,15,20H,6-9,19H2,1-3H3,(H,21,22). The molecule has 0 spiro atoms. The SMILES string of the molecule is CC(C)(C)OC(=O)NC(c1ccc(Cl)cc1N)C1CCNCC1. The second kappa shape index (κ2) is 7.41. The number of hydrogen-bond donors (Lipinski definition) is 3. The van der Waals surface area contributed by atoms with E-state index in [4.69, 9.17) is 22.1 Å². The first-order chi connectivity index (χ1) is 10.8. The molecule has 1 aromatic rings. The summed E-state index contributed by atoms with van der Waals surface area (Å²) in [4.78, 5) is 12.2. The molecule has 0 bridgehead atoms. The number of nitrogen functional groups attached to an aromatic ring is 1. The second-order valence-electron chi connectivity index (χ2n) is 6.98. The Labute approximate surface area is 142 Å². The molecular weight excluding hydrogens is 314 g/mol. The maximum absolute atomic E-state index is 12.2. The molecule has 6 heteroatoms. The van der Waals surface area contributed by atoms with E-state index >= 15 is 0 Å². The number of hydrogen-bond acceptors (Lipinski definition) is 4. The van der Waals surface area contributed by atoms with Crippen molar-refractivity contribution in [2.24, 2.45) is 5.92 Å². The van der Waals surface area contributed by atoms with Crippen LogP contribution in [0.2, 0.25) is 5.02 Å². The van der Waals surface area contributed by atoms with Crippen LogP contribution in [0, 0.1) is 5.92 Å². The van der Waals surface area contributed by atoms with Crippen LogP contribution in [0.3, 0.4) is 0 Å². The summed E-state index contributed by atoms with van der Waals surface area (Å²) in [5, 5.41) is 6.94. The summed E-state index contributed by atoms with van der Waals surface area (Å²) in [6.45, 7) is 7.42. The summed E-state index contributed by atoms with van der Waals surface area (Å²) in [5.74, 6) is 0.312. The molecule has 0 radical (unpaired) electrons. The van der Waals surface area contributed by atoms with Crippen molar-refractivity contribution < 1.29 is 9.53 Å². The predicted octanol–water partition coefficient (Wildman–Crippen LogP) is 3.49. The highest BCUT2D eigenvalue weighted by Crippen LogP contribution is 2.33. The number of ether oxygens (including phenoxy) is 1. The van der Waals surface area contributed by atoms with Gasteiger partial charge < -0.3 is 21.1 Å². The lowest BCUT2D eigenvalue weighted by Gasteiger charge is -2.33. The molecule has 1 fully saturated rings. The molecule has 0 saturated carbocycles. The molecule has 1 heterocycles. The van der Waals surface area contributed by atoms with Crippen LogP contribution in [0.15, 0.2) is 18.2 Å². The molecule has 1 saturated heterocycles. The third-order valence-corrected chi connectivity index (χ3v) is 4.15. The normalized spacial score (nSPS) is 17.6. The first-order valence-corrected chi connectivity index (χ1v) is 8.39. The van der Waals surface area contributed by atoms with Crippen LogP contribution in [0.5, 0.6) is 0 Å². The zero-order valence-corrected chi connectivity index (χ0v) is 14.7. The Morgan fingerprint density at radius 1 is 1.39 bits per heavy atom. The Balaban J connectivity index is 2.22. The first-order valence-electron chi connectivity index (χ1n) is 8.01. The summed E-state index contributed by atoms with van der Waals surface area (Å²) in [6.07, 6.45) is 1.53. The van der Waals surface area contributed by atoms with E-state index in [2.05, 4.69) is 10.6 Å². The van der Waals surface area contributed by atoms with Gasteiger partial charge in [-0.05, 0) is 70.3 Å². The Bertz CT molecular complexity index is 551. The molecule has 4 N–H and O–H groups in total. The number of alkyl carbamates (subject to hydrolysis) is 1. The van der Waals surface area contributed by atoms with Crippen LogP contribution < -0.4 is 16.4 Å². The fraction of sp³-hybridized carbons (Fsp3) is 0.588. The van der Waals surface area contributed by atoms with Crippen molar-refractivity contribution in [1.29, 1.82) is 0 Å². The molecule has 1 aliphatic rings. The lowest BCUT2D eigenvalue weighted by Crippen LogP contribution is -2.41. The van der Waals surface area contributed by atoms with Crippen LogP contribution in [0.25, 0.3) is 0 Å². The number of halogens is 1. The average Bonchev–Trinajstić information content (AvgIpc) is 2.44. The van der Waals surface area contributed by atoms with Crippen molar-refractivity contribution in [1.82, 2.24) is 10.6 Å². The van der Waals surface area contributed by atoms with Gasteiger partial charge >= 0.3 is 6.09 Å². The minimum absolute atomic E-state index is 0.177. The van der Waals surface area contributed by atoms with Crippen molar-refractivity contribution in [2.75, 3.05) is 18.8 Å². The zero-order valence-electron chi connectivity index (χ0n) is 14.0. The molecule has 128 valence electrons. The third-order valence-electron chi connectivity index (χ3n) is 3.91. The first kappa shape index (κ1) is 17.9. The van der Waals surface area contributed by atoms with Gasteiger partial charge in [0, 0.05) is 10.7 Å². The fourth-order valence-corrected chi connectivity index (χ4v) is 3.07. The predicted molar refractivity (Wildman–Crippen MR) is 93.6 cm³/mol. The van der Waals surface area contributed by atoms with Crippen LogP contribution in [-0.4, -0.2) is 24.8 Å². The molecule has 5 nitrogen and oxygen atoms in total. The Kier molecular flexibility index (Phi) is 5.76. The second-order valence-corrected chi connectivity index (χ2v) is 7.42. The monoisotopic (exact) mass is 339 g/mol. The average molecular weight is 340 g/mol. The van der Waals surface area contributed by atoms with Gasteiger partial charge in [-0.15, -0.1) is 0 Å². The molecule has 1 aliphatic heterocycles. The zero-order chi connectivity index (χ0) is 17.0. The van der Waals surface area contributed by atoms with Crippen molar-refractivity contribution in [2.45, 2.75) is 45.3 Å². The van der Waals surface area contributed by atoms with E-state index in [1.807, 2.05) is 26.8 Å². The molecule has 1 unspecified atom stereocenters. The van der Waals surface area contributed by atoms with Crippen LogP contribution in [-0.2, 0) is 4.74 Å². The van der Waals surface area contributed by atoms with Gasteiger partial charge in [0.1, 0.15) is 5.60 Å². The van der Waals surface area contributed by atoms with E-state index in [-0.39, 0.29) is 6.04 Å². The Morgan fingerprint density at radius 3 is 2.61 bits per heavy atom. The Hall–Kier alpha value is -1.46. The van der Waals surface area contributed by atoms with E-state index in [0.29, 0.717) is 16.6 Å². The number of anilines is 1. The van der Waals surface area contributed by atoms with Gasteiger partial charge in [0.2, 0.25) is 0 Å². The van der Waals surface area contributed by atoms with Gasteiger partial charge in [-0.3, -0.25) is 0 Å². The van der Waals surface area contributed by atoms with E-state index in [1.165, 1.54) is 0 Å². The molecule has 1 amide bonds. The highest BCUT2D eigenvalue weighted by atomic mass is 35.5. The van der Waals surface area contributed by atoms with Crippen molar-refractivity contribution in [3.05, 3.63) is 28.8 Å². The molecule has 1 aromatic carbocycles. The number of nitrogens with one attached hydrogen (secondary N) is 2. The lowest BCUT2D eigenvalue weighted by atomic mass is 9.85. The summed E-state index contributed by atoms with van der Waals surface area (Å²) in [6, 6.07) is 5.24. The van der Waals surface area contributed by atoms with Crippen molar-refractivity contribution in [3.8, 4) is 0 Å². The summed E-state index contributed by atoms with van der Waals surface area (Å²) < 4.78 is 5.41. The minimum Gasteiger partial charge on any atom is -0.444 e.